The smallest absolute Gasteiger partial charge is 0.256 e. The number of aromatic nitrogens is 1. The minimum Gasteiger partial charge on any atom is -0.478 e. The molecule has 20 heavy (non-hydrogen) atoms. The number of nitrogens with zero attached hydrogens (tertiary/aromatic N) is 1. The number of benzene rings is 1. The van der Waals surface area contributed by atoms with E-state index in [9.17, 15) is 4.79 Å². The van der Waals surface area contributed by atoms with Crippen molar-refractivity contribution in [1.29, 1.82) is 0 Å². The van der Waals surface area contributed by atoms with Gasteiger partial charge in [-0.15, -0.1) is 0 Å². The van der Waals surface area contributed by atoms with Gasteiger partial charge in [0, 0.05) is 10.5 Å². The van der Waals surface area contributed by atoms with E-state index in [4.69, 9.17) is 4.74 Å². The molecule has 0 atom stereocenters. The molecular formula is C15H15BrN2O2. The number of nitrogens with one attached hydrogen (secondary N) is 1. The van der Waals surface area contributed by atoms with Gasteiger partial charge >= 0.3 is 0 Å². The number of hydrogen-bond acceptors (Lipinski definition) is 3. The van der Waals surface area contributed by atoms with E-state index in [0.29, 0.717) is 23.7 Å². The lowest BCUT2D eigenvalue weighted by Crippen LogP contribution is -2.12. The van der Waals surface area contributed by atoms with Gasteiger partial charge in [0.25, 0.3) is 5.91 Å². The molecule has 104 valence electrons. The molecule has 0 bridgehead atoms. The highest BCUT2D eigenvalue weighted by atomic mass is 79.9. The van der Waals surface area contributed by atoms with Crippen molar-refractivity contribution in [2.45, 2.75) is 13.8 Å². The highest BCUT2D eigenvalue weighted by Crippen LogP contribution is 2.20. The SMILES string of the molecule is CCOc1ccc(NC(=O)c2ccc(C)cc2Br)cn1. The zero-order chi connectivity index (χ0) is 14.5. The molecule has 1 aromatic heterocycles. The Hall–Kier alpha value is -1.88. The van der Waals surface area contributed by atoms with E-state index in [1.165, 1.54) is 0 Å². The third-order valence-corrected chi connectivity index (χ3v) is 3.31. The van der Waals surface area contributed by atoms with Crippen molar-refractivity contribution in [2.24, 2.45) is 0 Å². The van der Waals surface area contributed by atoms with E-state index >= 15 is 0 Å². The number of anilines is 1. The lowest BCUT2D eigenvalue weighted by atomic mass is 10.1. The third kappa shape index (κ3) is 3.57. The minimum absolute atomic E-state index is 0.178. The first-order chi connectivity index (χ1) is 9.60. The van der Waals surface area contributed by atoms with E-state index in [1.54, 1.807) is 24.4 Å². The fourth-order valence-corrected chi connectivity index (χ4v) is 2.36. The van der Waals surface area contributed by atoms with E-state index in [0.717, 1.165) is 10.0 Å². The van der Waals surface area contributed by atoms with E-state index in [1.807, 2.05) is 26.0 Å². The number of aryl methyl sites for hydroxylation is 1. The van der Waals surface area contributed by atoms with Gasteiger partial charge in [0.2, 0.25) is 5.88 Å². The maximum atomic E-state index is 12.2. The van der Waals surface area contributed by atoms with E-state index in [2.05, 4.69) is 26.2 Å². The van der Waals surface area contributed by atoms with Gasteiger partial charge in [0.15, 0.2) is 0 Å². The number of rotatable bonds is 4. The third-order valence-electron chi connectivity index (χ3n) is 2.66. The van der Waals surface area contributed by atoms with Gasteiger partial charge in [-0.1, -0.05) is 6.07 Å². The highest BCUT2D eigenvalue weighted by molar-refractivity contribution is 9.10. The van der Waals surface area contributed by atoms with E-state index < -0.39 is 0 Å². The van der Waals surface area contributed by atoms with Gasteiger partial charge in [-0.3, -0.25) is 4.79 Å². The van der Waals surface area contributed by atoms with Crippen LogP contribution in [0.2, 0.25) is 0 Å². The minimum atomic E-state index is -0.178. The Balaban J connectivity index is 2.11. The summed E-state index contributed by atoms with van der Waals surface area (Å²) in [6, 6.07) is 9.08. The summed E-state index contributed by atoms with van der Waals surface area (Å²) in [6.45, 7) is 4.43. The second-order valence-electron chi connectivity index (χ2n) is 4.26. The number of halogens is 1. The number of carbonyl (C=O) groups is 1. The molecule has 0 fully saturated rings. The lowest BCUT2D eigenvalue weighted by molar-refractivity contribution is 0.102. The standard InChI is InChI=1S/C15H15BrN2O2/c1-3-20-14-7-5-11(9-17-14)18-15(19)12-6-4-10(2)8-13(12)16/h4-9H,3H2,1-2H3,(H,18,19). The number of carbonyl (C=O) groups excluding carboxylic acids is 1. The Morgan fingerprint density at radius 1 is 1.35 bits per heavy atom. The van der Waals surface area contributed by atoms with Gasteiger partial charge in [0.05, 0.1) is 24.1 Å². The van der Waals surface area contributed by atoms with Crippen molar-refractivity contribution in [3.63, 3.8) is 0 Å². The summed E-state index contributed by atoms with van der Waals surface area (Å²) < 4.78 is 6.02. The van der Waals surface area contributed by atoms with Crippen LogP contribution < -0.4 is 10.1 Å². The van der Waals surface area contributed by atoms with Crippen molar-refractivity contribution < 1.29 is 9.53 Å². The monoisotopic (exact) mass is 334 g/mol. The zero-order valence-electron chi connectivity index (χ0n) is 11.3. The van der Waals surface area contributed by atoms with Crippen molar-refractivity contribution >= 4 is 27.5 Å². The summed E-state index contributed by atoms with van der Waals surface area (Å²) in [5.41, 5.74) is 2.31. The van der Waals surface area contributed by atoms with Crippen LogP contribution in [0.1, 0.15) is 22.8 Å². The Bertz CT molecular complexity index is 612. The number of hydrogen-bond donors (Lipinski definition) is 1. The predicted octanol–water partition coefficient (Wildman–Crippen LogP) is 3.80. The van der Waals surface area contributed by atoms with Gasteiger partial charge in [0.1, 0.15) is 0 Å². The molecule has 1 heterocycles. The van der Waals surface area contributed by atoms with Gasteiger partial charge in [-0.05, 0) is 53.5 Å². The van der Waals surface area contributed by atoms with Crippen LogP contribution in [0, 0.1) is 6.92 Å². The average molecular weight is 335 g/mol. The summed E-state index contributed by atoms with van der Waals surface area (Å²) in [7, 11) is 0. The van der Waals surface area contributed by atoms with Gasteiger partial charge in [-0.25, -0.2) is 4.98 Å². The first-order valence-electron chi connectivity index (χ1n) is 6.26. The molecule has 1 aromatic carbocycles. The maximum absolute atomic E-state index is 12.2. The van der Waals surface area contributed by atoms with Crippen molar-refractivity contribution in [3.8, 4) is 5.88 Å². The molecule has 0 radical (unpaired) electrons. The van der Waals surface area contributed by atoms with Crippen LogP contribution >= 0.6 is 15.9 Å². The molecule has 0 saturated heterocycles. The normalized spacial score (nSPS) is 10.2. The molecule has 0 saturated carbocycles. The van der Waals surface area contributed by atoms with Gasteiger partial charge in [-0.2, -0.15) is 0 Å². The quantitative estimate of drug-likeness (QED) is 0.925. The lowest BCUT2D eigenvalue weighted by Gasteiger charge is -2.08. The van der Waals surface area contributed by atoms with E-state index in [-0.39, 0.29) is 5.91 Å². The molecule has 0 aliphatic rings. The van der Waals surface area contributed by atoms with Crippen molar-refractivity contribution in [2.75, 3.05) is 11.9 Å². The molecule has 1 amide bonds. The topological polar surface area (TPSA) is 51.2 Å². The fraction of sp³-hybridized carbons (Fsp3) is 0.200. The Labute approximate surface area is 126 Å². The highest BCUT2D eigenvalue weighted by Gasteiger charge is 2.10. The summed E-state index contributed by atoms with van der Waals surface area (Å²) in [6.07, 6.45) is 1.57. The molecule has 0 aliphatic heterocycles. The predicted molar refractivity (Wildman–Crippen MR) is 82.2 cm³/mol. The van der Waals surface area contributed by atoms with Crippen LogP contribution in [-0.4, -0.2) is 17.5 Å². The molecule has 1 N–H and O–H groups in total. The molecular weight excluding hydrogens is 320 g/mol. The summed E-state index contributed by atoms with van der Waals surface area (Å²) in [5, 5.41) is 2.80. The van der Waals surface area contributed by atoms with Gasteiger partial charge < -0.3 is 10.1 Å². The molecule has 2 rings (SSSR count). The summed E-state index contributed by atoms with van der Waals surface area (Å²) >= 11 is 3.40. The first-order valence-corrected chi connectivity index (χ1v) is 7.06. The first kappa shape index (κ1) is 14.5. The molecule has 0 aliphatic carbocycles. The Morgan fingerprint density at radius 3 is 2.75 bits per heavy atom. The largest absolute Gasteiger partial charge is 0.478 e. The Kier molecular flexibility index (Phi) is 4.74. The van der Waals surface area contributed by atoms with Crippen LogP contribution in [0.25, 0.3) is 0 Å². The van der Waals surface area contributed by atoms with Crippen molar-refractivity contribution in [3.05, 3.63) is 52.1 Å². The average Bonchev–Trinajstić information content (AvgIpc) is 2.41. The summed E-state index contributed by atoms with van der Waals surface area (Å²) in [4.78, 5) is 16.3. The maximum Gasteiger partial charge on any atom is 0.256 e. The fourth-order valence-electron chi connectivity index (χ4n) is 1.69. The second kappa shape index (κ2) is 6.52. The molecule has 0 spiro atoms. The van der Waals surface area contributed by atoms with Crippen LogP contribution in [-0.2, 0) is 0 Å². The van der Waals surface area contributed by atoms with Crippen LogP contribution in [0.5, 0.6) is 5.88 Å². The molecule has 2 aromatic rings. The van der Waals surface area contributed by atoms with Crippen LogP contribution in [0.3, 0.4) is 0 Å². The van der Waals surface area contributed by atoms with Crippen LogP contribution in [0.4, 0.5) is 5.69 Å². The molecule has 5 heteroatoms. The molecule has 0 unspecified atom stereocenters. The number of ether oxygens (including phenoxy) is 1. The van der Waals surface area contributed by atoms with Crippen molar-refractivity contribution in [1.82, 2.24) is 4.98 Å². The Morgan fingerprint density at radius 2 is 2.15 bits per heavy atom. The number of pyridine rings is 1. The molecule has 4 nitrogen and oxygen atoms in total. The second-order valence-corrected chi connectivity index (χ2v) is 5.11. The summed E-state index contributed by atoms with van der Waals surface area (Å²) in [5.74, 6) is 0.366. The zero-order valence-corrected chi connectivity index (χ0v) is 12.9. The van der Waals surface area contributed by atoms with Crippen LogP contribution in [0.15, 0.2) is 41.0 Å². The number of amides is 1.